The zero-order valence-electron chi connectivity index (χ0n) is 8.82. The molecule has 0 amide bonds. The molecule has 0 radical (unpaired) electrons. The molecule has 0 aliphatic rings. The lowest BCUT2D eigenvalue weighted by atomic mass is 10.0. The number of rotatable bonds is 4. The van der Waals surface area contributed by atoms with Crippen molar-refractivity contribution in [1.82, 2.24) is 0 Å². The van der Waals surface area contributed by atoms with Crippen LogP contribution in [0.1, 0.15) is 18.2 Å². The zero-order valence-corrected chi connectivity index (χ0v) is 8.82. The van der Waals surface area contributed by atoms with Gasteiger partial charge in [0, 0.05) is 6.42 Å². The van der Waals surface area contributed by atoms with Crippen molar-refractivity contribution in [2.24, 2.45) is 5.73 Å². The SMILES string of the molecule is COC(=O)C(N)CC(F)c1ccc(F)cc1. The van der Waals surface area contributed by atoms with Crippen LogP contribution in [0.4, 0.5) is 8.78 Å². The van der Waals surface area contributed by atoms with Gasteiger partial charge < -0.3 is 10.5 Å². The molecule has 0 bridgehead atoms. The summed E-state index contributed by atoms with van der Waals surface area (Å²) in [6.07, 6.45) is -1.59. The minimum Gasteiger partial charge on any atom is -0.468 e. The van der Waals surface area contributed by atoms with E-state index in [1.165, 1.54) is 19.2 Å². The van der Waals surface area contributed by atoms with Gasteiger partial charge in [0.15, 0.2) is 0 Å². The van der Waals surface area contributed by atoms with E-state index in [4.69, 9.17) is 5.73 Å². The first-order valence-electron chi connectivity index (χ1n) is 4.77. The summed E-state index contributed by atoms with van der Waals surface area (Å²) in [6, 6.07) is 3.95. The topological polar surface area (TPSA) is 52.3 Å². The molecule has 0 aromatic heterocycles. The number of esters is 1. The molecule has 2 atom stereocenters. The fourth-order valence-electron chi connectivity index (χ4n) is 1.28. The third-order valence-corrected chi connectivity index (χ3v) is 2.20. The van der Waals surface area contributed by atoms with Crippen LogP contribution in [0.2, 0.25) is 0 Å². The minimum absolute atomic E-state index is 0.182. The van der Waals surface area contributed by atoms with Crippen LogP contribution in [0, 0.1) is 5.82 Å². The van der Waals surface area contributed by atoms with Gasteiger partial charge in [-0.2, -0.15) is 0 Å². The molecule has 0 saturated heterocycles. The summed E-state index contributed by atoms with van der Waals surface area (Å²) in [5, 5.41) is 0. The number of nitrogens with two attached hydrogens (primary N) is 1. The van der Waals surface area contributed by atoms with Crippen LogP contribution < -0.4 is 5.73 Å². The van der Waals surface area contributed by atoms with Gasteiger partial charge in [-0.05, 0) is 17.7 Å². The van der Waals surface area contributed by atoms with E-state index in [0.717, 1.165) is 12.1 Å². The molecule has 5 heteroatoms. The molecular weight excluding hydrogens is 216 g/mol. The van der Waals surface area contributed by atoms with Gasteiger partial charge in [0.25, 0.3) is 0 Å². The van der Waals surface area contributed by atoms with Crippen molar-refractivity contribution in [3.05, 3.63) is 35.6 Å². The average Bonchev–Trinajstić information content (AvgIpc) is 2.28. The van der Waals surface area contributed by atoms with Gasteiger partial charge in [-0.25, -0.2) is 8.78 Å². The highest BCUT2D eigenvalue weighted by Gasteiger charge is 2.20. The summed E-state index contributed by atoms with van der Waals surface area (Å²) in [5.41, 5.74) is 5.70. The maximum atomic E-state index is 13.6. The molecule has 1 aromatic rings. The minimum atomic E-state index is -1.41. The van der Waals surface area contributed by atoms with Gasteiger partial charge in [0.1, 0.15) is 18.0 Å². The Labute approximate surface area is 92.2 Å². The Morgan fingerprint density at radius 3 is 2.50 bits per heavy atom. The molecule has 2 unspecified atom stereocenters. The number of hydrogen-bond acceptors (Lipinski definition) is 3. The summed E-state index contributed by atoms with van der Waals surface area (Å²) in [7, 11) is 1.19. The highest BCUT2D eigenvalue weighted by molar-refractivity contribution is 5.75. The molecule has 0 fully saturated rings. The van der Waals surface area contributed by atoms with E-state index in [0.29, 0.717) is 5.56 Å². The Morgan fingerprint density at radius 1 is 1.44 bits per heavy atom. The summed E-state index contributed by atoms with van der Waals surface area (Å²) in [4.78, 5) is 11.0. The number of halogens is 2. The van der Waals surface area contributed by atoms with Gasteiger partial charge in [0.05, 0.1) is 7.11 Å². The smallest absolute Gasteiger partial charge is 0.322 e. The Balaban J connectivity index is 2.61. The predicted molar refractivity (Wildman–Crippen MR) is 54.9 cm³/mol. The second-order valence-electron chi connectivity index (χ2n) is 3.38. The number of methoxy groups -OCH3 is 1. The van der Waals surface area contributed by atoms with Crippen molar-refractivity contribution < 1.29 is 18.3 Å². The molecule has 0 saturated carbocycles. The number of carbonyl (C=O) groups is 1. The van der Waals surface area contributed by atoms with Crippen molar-refractivity contribution in [2.45, 2.75) is 18.6 Å². The first-order chi connectivity index (χ1) is 7.54. The van der Waals surface area contributed by atoms with E-state index >= 15 is 0 Å². The van der Waals surface area contributed by atoms with Gasteiger partial charge >= 0.3 is 5.97 Å². The molecule has 0 aliphatic heterocycles. The zero-order chi connectivity index (χ0) is 12.1. The molecular formula is C11H13F2NO2. The molecule has 0 spiro atoms. The molecule has 1 rings (SSSR count). The lowest BCUT2D eigenvalue weighted by molar-refractivity contribution is -0.142. The maximum Gasteiger partial charge on any atom is 0.322 e. The van der Waals surface area contributed by atoms with E-state index in [-0.39, 0.29) is 6.42 Å². The van der Waals surface area contributed by atoms with Crippen molar-refractivity contribution in [1.29, 1.82) is 0 Å². The van der Waals surface area contributed by atoms with Crippen LogP contribution >= 0.6 is 0 Å². The van der Waals surface area contributed by atoms with E-state index in [2.05, 4.69) is 4.74 Å². The van der Waals surface area contributed by atoms with Crippen molar-refractivity contribution >= 4 is 5.97 Å². The number of ether oxygens (including phenoxy) is 1. The monoisotopic (exact) mass is 229 g/mol. The van der Waals surface area contributed by atoms with Gasteiger partial charge in [0.2, 0.25) is 0 Å². The first-order valence-corrected chi connectivity index (χ1v) is 4.77. The van der Waals surface area contributed by atoms with E-state index in [1.807, 2.05) is 0 Å². The van der Waals surface area contributed by atoms with Gasteiger partial charge in [-0.3, -0.25) is 4.79 Å². The third kappa shape index (κ3) is 3.27. The molecule has 88 valence electrons. The molecule has 0 heterocycles. The predicted octanol–water partition coefficient (Wildman–Crippen LogP) is 1.73. The lowest BCUT2D eigenvalue weighted by Crippen LogP contribution is -2.32. The molecule has 2 N–H and O–H groups in total. The number of benzene rings is 1. The molecule has 1 aromatic carbocycles. The van der Waals surface area contributed by atoms with Crippen LogP contribution in [0.25, 0.3) is 0 Å². The van der Waals surface area contributed by atoms with Crippen molar-refractivity contribution in [3.8, 4) is 0 Å². The largest absolute Gasteiger partial charge is 0.468 e. The van der Waals surface area contributed by atoms with E-state index < -0.39 is 24.0 Å². The summed E-state index contributed by atoms with van der Waals surface area (Å²) < 4.78 is 30.6. The molecule has 3 nitrogen and oxygen atoms in total. The standard InChI is InChI=1S/C11H13F2NO2/c1-16-11(15)10(14)6-9(13)7-2-4-8(12)5-3-7/h2-5,9-10H,6,14H2,1H3. The Kier molecular flexibility index (Phi) is 4.37. The second-order valence-corrected chi connectivity index (χ2v) is 3.38. The lowest BCUT2D eigenvalue weighted by Gasteiger charge is -2.13. The Morgan fingerprint density at radius 2 is 2.00 bits per heavy atom. The quantitative estimate of drug-likeness (QED) is 0.800. The summed E-state index contributed by atoms with van der Waals surface area (Å²) >= 11 is 0. The average molecular weight is 229 g/mol. The van der Waals surface area contributed by atoms with Crippen molar-refractivity contribution in [2.75, 3.05) is 7.11 Å². The Bertz CT molecular complexity index is 354. The summed E-state index contributed by atoms with van der Waals surface area (Å²) in [5.74, 6) is -1.10. The fourth-order valence-corrected chi connectivity index (χ4v) is 1.28. The second kappa shape index (κ2) is 5.55. The normalized spacial score (nSPS) is 14.2. The molecule has 0 aliphatic carbocycles. The highest BCUT2D eigenvalue weighted by Crippen LogP contribution is 2.22. The number of alkyl halides is 1. The van der Waals surface area contributed by atoms with Crippen LogP contribution in [0.15, 0.2) is 24.3 Å². The van der Waals surface area contributed by atoms with Gasteiger partial charge in [-0.15, -0.1) is 0 Å². The summed E-state index contributed by atoms with van der Waals surface area (Å²) in [6.45, 7) is 0. The fraction of sp³-hybridized carbons (Fsp3) is 0.364. The van der Waals surface area contributed by atoms with Crippen molar-refractivity contribution in [3.63, 3.8) is 0 Å². The maximum absolute atomic E-state index is 13.6. The highest BCUT2D eigenvalue weighted by atomic mass is 19.1. The first kappa shape index (κ1) is 12.6. The van der Waals surface area contributed by atoms with E-state index in [1.54, 1.807) is 0 Å². The van der Waals surface area contributed by atoms with Crippen LogP contribution in [0.3, 0.4) is 0 Å². The van der Waals surface area contributed by atoms with Crippen LogP contribution in [0.5, 0.6) is 0 Å². The Hall–Kier alpha value is -1.49. The number of carbonyl (C=O) groups excluding carboxylic acids is 1. The van der Waals surface area contributed by atoms with Gasteiger partial charge in [-0.1, -0.05) is 12.1 Å². The van der Waals surface area contributed by atoms with Crippen LogP contribution in [-0.4, -0.2) is 19.1 Å². The third-order valence-electron chi connectivity index (χ3n) is 2.20. The van der Waals surface area contributed by atoms with Crippen LogP contribution in [-0.2, 0) is 9.53 Å². The van der Waals surface area contributed by atoms with E-state index in [9.17, 15) is 13.6 Å². The molecule has 16 heavy (non-hydrogen) atoms. The number of hydrogen-bond donors (Lipinski definition) is 1.